The van der Waals surface area contributed by atoms with Crippen molar-refractivity contribution in [1.29, 1.82) is 0 Å². The van der Waals surface area contributed by atoms with Gasteiger partial charge in [0.15, 0.2) is 11.5 Å². The van der Waals surface area contributed by atoms with Crippen LogP contribution in [-0.4, -0.2) is 30.9 Å². The molecule has 138 valence electrons. The molecule has 1 aliphatic rings. The smallest absolute Gasteiger partial charge is 0.387 e. The Kier molecular flexibility index (Phi) is 5.40. The third-order valence-electron chi connectivity index (χ3n) is 3.81. The standard InChI is InChI=1S/C18H18F2N2O4/c1-2-22(10-12-3-8-15-16(9-12)25-11-24-15)18(23)21-13-4-6-14(7-5-13)26-17(19)20/h3-9,17H,2,10-11H2,1H3,(H,21,23). The van der Waals surface area contributed by atoms with Crippen LogP contribution in [0.25, 0.3) is 0 Å². The average molecular weight is 364 g/mol. The van der Waals surface area contributed by atoms with Crippen LogP contribution in [0.15, 0.2) is 42.5 Å². The maximum atomic E-state index is 12.5. The first kappa shape index (κ1) is 17.8. The van der Waals surface area contributed by atoms with Gasteiger partial charge in [-0.3, -0.25) is 0 Å². The van der Waals surface area contributed by atoms with Gasteiger partial charge >= 0.3 is 12.6 Å². The van der Waals surface area contributed by atoms with Crippen molar-refractivity contribution in [3.8, 4) is 17.2 Å². The van der Waals surface area contributed by atoms with Gasteiger partial charge in [-0.2, -0.15) is 8.78 Å². The predicted octanol–water partition coefficient (Wildman–Crippen LogP) is 4.07. The number of ether oxygens (including phenoxy) is 3. The van der Waals surface area contributed by atoms with E-state index in [1.165, 1.54) is 24.3 Å². The van der Waals surface area contributed by atoms with Gasteiger partial charge in [-0.25, -0.2) is 4.79 Å². The van der Waals surface area contributed by atoms with Crippen LogP contribution >= 0.6 is 0 Å². The van der Waals surface area contributed by atoms with Crippen LogP contribution < -0.4 is 19.5 Å². The van der Waals surface area contributed by atoms with Crippen LogP contribution in [0.4, 0.5) is 19.3 Å². The quantitative estimate of drug-likeness (QED) is 0.839. The molecule has 0 atom stereocenters. The first-order chi connectivity index (χ1) is 12.5. The molecular formula is C18H18F2N2O4. The Labute approximate surface area is 149 Å². The number of fused-ring (bicyclic) bond motifs is 1. The topological polar surface area (TPSA) is 60.0 Å². The second kappa shape index (κ2) is 7.90. The van der Waals surface area contributed by atoms with Crippen molar-refractivity contribution in [2.45, 2.75) is 20.1 Å². The van der Waals surface area contributed by atoms with Crippen LogP contribution in [0.3, 0.4) is 0 Å². The average Bonchev–Trinajstić information content (AvgIpc) is 3.08. The molecule has 1 N–H and O–H groups in total. The maximum Gasteiger partial charge on any atom is 0.387 e. The minimum absolute atomic E-state index is 0.0331. The number of nitrogens with one attached hydrogen (secondary N) is 1. The molecule has 0 unspecified atom stereocenters. The summed E-state index contributed by atoms with van der Waals surface area (Å²) in [7, 11) is 0. The Balaban J connectivity index is 1.61. The number of rotatable bonds is 6. The molecule has 0 saturated carbocycles. The van der Waals surface area contributed by atoms with Crippen LogP contribution in [0.1, 0.15) is 12.5 Å². The number of benzene rings is 2. The van der Waals surface area contributed by atoms with Gasteiger partial charge < -0.3 is 24.4 Å². The molecule has 0 aromatic heterocycles. The highest BCUT2D eigenvalue weighted by Gasteiger charge is 2.17. The van der Waals surface area contributed by atoms with E-state index in [2.05, 4.69) is 10.1 Å². The van der Waals surface area contributed by atoms with Crippen LogP contribution in [0.2, 0.25) is 0 Å². The van der Waals surface area contributed by atoms with Gasteiger partial charge in [0.05, 0.1) is 0 Å². The van der Waals surface area contributed by atoms with Gasteiger partial charge in [0, 0.05) is 18.8 Å². The number of halogens is 2. The summed E-state index contributed by atoms with van der Waals surface area (Å²) < 4.78 is 39.2. The van der Waals surface area contributed by atoms with E-state index in [-0.39, 0.29) is 18.6 Å². The van der Waals surface area contributed by atoms with E-state index in [0.717, 1.165) is 5.56 Å². The van der Waals surface area contributed by atoms with Crippen molar-refractivity contribution in [2.24, 2.45) is 0 Å². The minimum Gasteiger partial charge on any atom is -0.454 e. The van der Waals surface area contributed by atoms with Gasteiger partial charge in [-0.15, -0.1) is 0 Å². The maximum absolute atomic E-state index is 12.5. The number of carbonyl (C=O) groups excluding carboxylic acids is 1. The summed E-state index contributed by atoms with van der Waals surface area (Å²) in [6, 6.07) is 11.0. The second-order valence-corrected chi connectivity index (χ2v) is 5.53. The van der Waals surface area contributed by atoms with Crippen molar-refractivity contribution in [3.05, 3.63) is 48.0 Å². The molecule has 0 saturated heterocycles. The van der Waals surface area contributed by atoms with E-state index in [4.69, 9.17) is 9.47 Å². The Morgan fingerprint density at radius 1 is 1.19 bits per heavy atom. The number of hydrogen-bond acceptors (Lipinski definition) is 4. The Bertz CT molecular complexity index is 768. The molecule has 3 rings (SSSR count). The zero-order chi connectivity index (χ0) is 18.5. The van der Waals surface area contributed by atoms with Crippen LogP contribution in [-0.2, 0) is 6.54 Å². The van der Waals surface area contributed by atoms with Crippen molar-refractivity contribution in [1.82, 2.24) is 4.90 Å². The first-order valence-electron chi connectivity index (χ1n) is 8.04. The van der Waals surface area contributed by atoms with E-state index in [1.807, 2.05) is 25.1 Å². The number of anilines is 1. The fourth-order valence-corrected chi connectivity index (χ4v) is 2.51. The molecule has 0 fully saturated rings. The minimum atomic E-state index is -2.88. The predicted molar refractivity (Wildman–Crippen MR) is 90.7 cm³/mol. The summed E-state index contributed by atoms with van der Waals surface area (Å²) in [6.07, 6.45) is 0. The lowest BCUT2D eigenvalue weighted by atomic mass is 10.2. The molecule has 0 spiro atoms. The number of carbonyl (C=O) groups is 1. The summed E-state index contributed by atoms with van der Waals surface area (Å²) >= 11 is 0. The third-order valence-corrected chi connectivity index (χ3v) is 3.81. The summed E-state index contributed by atoms with van der Waals surface area (Å²) in [5.41, 5.74) is 1.40. The zero-order valence-electron chi connectivity index (χ0n) is 14.1. The Morgan fingerprint density at radius 2 is 1.92 bits per heavy atom. The highest BCUT2D eigenvalue weighted by molar-refractivity contribution is 5.89. The third kappa shape index (κ3) is 4.33. The normalized spacial score (nSPS) is 12.2. The number of urea groups is 1. The van der Waals surface area contributed by atoms with Gasteiger partial charge in [0.1, 0.15) is 5.75 Å². The van der Waals surface area contributed by atoms with Gasteiger partial charge in [-0.1, -0.05) is 6.07 Å². The summed E-state index contributed by atoms with van der Waals surface area (Å²) in [5.74, 6) is 1.38. The fourth-order valence-electron chi connectivity index (χ4n) is 2.51. The largest absolute Gasteiger partial charge is 0.454 e. The Morgan fingerprint density at radius 3 is 2.62 bits per heavy atom. The molecule has 6 nitrogen and oxygen atoms in total. The molecule has 2 aromatic rings. The van der Waals surface area contributed by atoms with Gasteiger partial charge in [-0.05, 0) is 48.9 Å². The highest BCUT2D eigenvalue weighted by Crippen LogP contribution is 2.32. The van der Waals surface area contributed by atoms with Crippen molar-refractivity contribution < 1.29 is 27.8 Å². The molecule has 1 aliphatic heterocycles. The lowest BCUT2D eigenvalue weighted by molar-refractivity contribution is -0.0498. The van der Waals surface area contributed by atoms with Crippen LogP contribution in [0.5, 0.6) is 17.2 Å². The molecule has 0 bridgehead atoms. The number of amides is 2. The number of nitrogens with zero attached hydrogens (tertiary/aromatic N) is 1. The van der Waals surface area contributed by atoms with E-state index in [9.17, 15) is 13.6 Å². The molecule has 1 heterocycles. The lowest BCUT2D eigenvalue weighted by Gasteiger charge is -2.21. The van der Waals surface area contributed by atoms with Crippen molar-refractivity contribution >= 4 is 11.7 Å². The molecular weight excluding hydrogens is 346 g/mol. The highest BCUT2D eigenvalue weighted by atomic mass is 19.3. The SMILES string of the molecule is CCN(Cc1ccc2c(c1)OCO2)C(=O)Nc1ccc(OC(F)F)cc1. The van der Waals surface area contributed by atoms with E-state index >= 15 is 0 Å². The molecule has 26 heavy (non-hydrogen) atoms. The van der Waals surface area contributed by atoms with Crippen molar-refractivity contribution in [3.63, 3.8) is 0 Å². The fraction of sp³-hybridized carbons (Fsp3) is 0.278. The molecule has 2 amide bonds. The molecule has 0 aliphatic carbocycles. The number of alkyl halides is 2. The monoisotopic (exact) mass is 364 g/mol. The second-order valence-electron chi connectivity index (χ2n) is 5.53. The first-order valence-corrected chi connectivity index (χ1v) is 8.04. The summed E-state index contributed by atoms with van der Waals surface area (Å²) in [6.45, 7) is 0.0692. The Hall–Kier alpha value is -3.03. The lowest BCUT2D eigenvalue weighted by Crippen LogP contribution is -2.34. The van der Waals surface area contributed by atoms with E-state index in [1.54, 1.807) is 4.90 Å². The van der Waals surface area contributed by atoms with Gasteiger partial charge in [0.2, 0.25) is 6.79 Å². The summed E-state index contributed by atoms with van der Waals surface area (Å²) in [4.78, 5) is 14.1. The van der Waals surface area contributed by atoms with E-state index < -0.39 is 6.61 Å². The van der Waals surface area contributed by atoms with Crippen molar-refractivity contribution in [2.75, 3.05) is 18.7 Å². The molecule has 0 radical (unpaired) electrons. The van der Waals surface area contributed by atoms with Crippen LogP contribution in [0, 0.1) is 0 Å². The summed E-state index contributed by atoms with van der Waals surface area (Å²) in [5, 5.41) is 2.73. The zero-order valence-corrected chi connectivity index (χ0v) is 14.1. The van der Waals surface area contributed by atoms with Gasteiger partial charge in [0.25, 0.3) is 0 Å². The number of hydrogen-bond donors (Lipinski definition) is 1. The molecule has 2 aromatic carbocycles. The van der Waals surface area contributed by atoms with E-state index in [0.29, 0.717) is 30.3 Å². The molecule has 8 heteroatoms.